The van der Waals surface area contributed by atoms with Crippen molar-refractivity contribution < 1.29 is 4.79 Å². The normalized spacial score (nSPS) is 15.0. The molecule has 152 valence electrons. The number of piperidine rings is 1. The first kappa shape index (κ1) is 23.7. The van der Waals surface area contributed by atoms with E-state index in [1.807, 2.05) is 42.2 Å². The van der Waals surface area contributed by atoms with Crippen LogP contribution in [0.5, 0.6) is 0 Å². The van der Waals surface area contributed by atoms with Crippen LogP contribution in [0.1, 0.15) is 31.7 Å². The number of guanidine groups is 1. The third kappa shape index (κ3) is 8.92. The molecule has 1 aliphatic rings. The summed E-state index contributed by atoms with van der Waals surface area (Å²) in [4.78, 5) is 21.0. The summed E-state index contributed by atoms with van der Waals surface area (Å²) in [6, 6.07) is 10.1. The van der Waals surface area contributed by atoms with Crippen LogP contribution in [0, 0.1) is 0 Å². The van der Waals surface area contributed by atoms with Gasteiger partial charge < -0.3 is 20.4 Å². The van der Waals surface area contributed by atoms with E-state index in [9.17, 15) is 4.79 Å². The molecule has 1 aromatic carbocycles. The van der Waals surface area contributed by atoms with Crippen LogP contribution in [0.15, 0.2) is 35.3 Å². The summed E-state index contributed by atoms with van der Waals surface area (Å²) >= 11 is 0. The second-order valence-corrected chi connectivity index (χ2v) is 6.65. The van der Waals surface area contributed by atoms with Crippen molar-refractivity contribution in [3.8, 4) is 0 Å². The van der Waals surface area contributed by atoms with E-state index in [0.29, 0.717) is 19.0 Å². The molecule has 0 spiro atoms. The zero-order valence-electron chi connectivity index (χ0n) is 16.6. The zero-order chi connectivity index (χ0) is 18.6. The highest BCUT2D eigenvalue weighted by Gasteiger charge is 2.13. The van der Waals surface area contributed by atoms with Gasteiger partial charge in [0.1, 0.15) is 0 Å². The number of hydrogen-bond donors (Lipinski definition) is 2. The van der Waals surface area contributed by atoms with Gasteiger partial charge in [-0.25, -0.2) is 0 Å². The van der Waals surface area contributed by atoms with Crippen LogP contribution >= 0.6 is 24.0 Å². The molecule has 1 aliphatic heterocycles. The Bertz CT molecular complexity index is 561. The summed E-state index contributed by atoms with van der Waals surface area (Å²) in [6.07, 6.45) is 3.96. The number of nitrogens with zero attached hydrogens (tertiary/aromatic N) is 3. The fourth-order valence-electron chi connectivity index (χ4n) is 3.19. The smallest absolute Gasteiger partial charge is 0.242 e. The van der Waals surface area contributed by atoms with Crippen LogP contribution < -0.4 is 10.6 Å². The van der Waals surface area contributed by atoms with E-state index in [0.717, 1.165) is 18.7 Å². The number of rotatable bonds is 8. The van der Waals surface area contributed by atoms with E-state index >= 15 is 0 Å². The minimum absolute atomic E-state index is 0. The lowest BCUT2D eigenvalue weighted by Crippen LogP contribution is -2.46. The van der Waals surface area contributed by atoms with Crippen molar-refractivity contribution in [2.45, 2.75) is 32.7 Å². The average Bonchev–Trinajstić information content (AvgIpc) is 2.70. The van der Waals surface area contributed by atoms with Gasteiger partial charge in [-0.15, -0.1) is 24.0 Å². The fraction of sp³-hybridized carbons (Fsp3) is 0.600. The maximum absolute atomic E-state index is 12.5. The van der Waals surface area contributed by atoms with Gasteiger partial charge >= 0.3 is 0 Å². The van der Waals surface area contributed by atoms with Crippen LogP contribution in [0.2, 0.25) is 0 Å². The average molecular weight is 487 g/mol. The van der Waals surface area contributed by atoms with E-state index in [1.54, 1.807) is 7.05 Å². The Morgan fingerprint density at radius 2 is 1.85 bits per heavy atom. The molecule has 2 N–H and O–H groups in total. The number of likely N-dealkylation sites (N-methyl/N-ethyl adjacent to an activating group) is 1. The second-order valence-electron chi connectivity index (χ2n) is 6.65. The molecule has 0 radical (unpaired) electrons. The van der Waals surface area contributed by atoms with Crippen molar-refractivity contribution in [3.63, 3.8) is 0 Å². The highest BCUT2D eigenvalue weighted by atomic mass is 127. The number of likely N-dealkylation sites (tertiary alicyclic amines) is 1. The summed E-state index contributed by atoms with van der Waals surface area (Å²) < 4.78 is 0. The monoisotopic (exact) mass is 487 g/mol. The van der Waals surface area contributed by atoms with E-state index < -0.39 is 0 Å². The fourth-order valence-corrected chi connectivity index (χ4v) is 3.19. The predicted molar refractivity (Wildman–Crippen MR) is 123 cm³/mol. The number of hydrogen-bond acceptors (Lipinski definition) is 3. The highest BCUT2D eigenvalue weighted by Crippen LogP contribution is 2.07. The van der Waals surface area contributed by atoms with E-state index in [1.165, 1.54) is 32.4 Å². The van der Waals surface area contributed by atoms with Crippen LogP contribution in [0.4, 0.5) is 0 Å². The highest BCUT2D eigenvalue weighted by molar-refractivity contribution is 14.0. The minimum atomic E-state index is 0. The zero-order valence-corrected chi connectivity index (χ0v) is 18.9. The standard InChI is InChI=1S/C20H33N5O.HI/c1-3-25(17-18-10-6-4-7-11-18)19(26)16-23-20(21-2)22-12-15-24-13-8-5-9-14-24;/h4,6-7,10-11H,3,5,8-9,12-17H2,1-2H3,(H2,21,22,23);1H. The van der Waals surface area contributed by atoms with E-state index in [-0.39, 0.29) is 36.4 Å². The molecule has 6 nitrogen and oxygen atoms in total. The molecule has 0 unspecified atom stereocenters. The van der Waals surface area contributed by atoms with Gasteiger partial charge in [-0.05, 0) is 38.4 Å². The van der Waals surface area contributed by atoms with Gasteiger partial charge in [0.15, 0.2) is 5.96 Å². The Balaban J connectivity index is 0.00000364. The third-order valence-electron chi connectivity index (χ3n) is 4.75. The van der Waals surface area contributed by atoms with Gasteiger partial charge in [0.2, 0.25) is 5.91 Å². The topological polar surface area (TPSA) is 60.0 Å². The van der Waals surface area contributed by atoms with Crippen LogP contribution in [0.3, 0.4) is 0 Å². The molecule has 27 heavy (non-hydrogen) atoms. The van der Waals surface area contributed by atoms with Crippen LogP contribution in [0.25, 0.3) is 0 Å². The summed E-state index contributed by atoms with van der Waals surface area (Å²) in [5.74, 6) is 0.765. The van der Waals surface area contributed by atoms with Gasteiger partial charge in [0.05, 0.1) is 6.54 Å². The summed E-state index contributed by atoms with van der Waals surface area (Å²) in [5, 5.41) is 6.44. The van der Waals surface area contributed by atoms with Gasteiger partial charge in [-0.2, -0.15) is 0 Å². The molecule has 0 aliphatic carbocycles. The van der Waals surface area contributed by atoms with Crippen LogP contribution in [-0.2, 0) is 11.3 Å². The quantitative estimate of drug-likeness (QED) is 0.336. The molecule has 1 heterocycles. The van der Waals surface area contributed by atoms with Gasteiger partial charge in [0.25, 0.3) is 0 Å². The largest absolute Gasteiger partial charge is 0.355 e. The molecular formula is C20H34IN5O. The molecule has 7 heteroatoms. The number of carbonyl (C=O) groups excluding carboxylic acids is 1. The molecule has 0 saturated carbocycles. The van der Waals surface area contributed by atoms with Crippen molar-refractivity contribution in [1.82, 2.24) is 20.4 Å². The van der Waals surface area contributed by atoms with Crippen molar-refractivity contribution in [1.29, 1.82) is 0 Å². The maximum atomic E-state index is 12.5. The van der Waals surface area contributed by atoms with Crippen molar-refractivity contribution in [3.05, 3.63) is 35.9 Å². The molecular weight excluding hydrogens is 453 g/mol. The minimum Gasteiger partial charge on any atom is -0.355 e. The number of amides is 1. The first-order valence-corrected chi connectivity index (χ1v) is 9.71. The summed E-state index contributed by atoms with van der Waals surface area (Å²) in [7, 11) is 1.74. The number of nitrogens with one attached hydrogen (secondary N) is 2. The molecule has 0 aromatic heterocycles. The first-order chi connectivity index (χ1) is 12.7. The lowest BCUT2D eigenvalue weighted by atomic mass is 10.1. The Kier molecular flexibility index (Phi) is 12.1. The third-order valence-corrected chi connectivity index (χ3v) is 4.75. The Morgan fingerprint density at radius 3 is 2.48 bits per heavy atom. The lowest BCUT2D eigenvalue weighted by molar-refractivity contribution is -0.130. The molecule has 1 aromatic rings. The Labute approximate surface area is 180 Å². The van der Waals surface area contributed by atoms with Gasteiger partial charge in [-0.3, -0.25) is 9.79 Å². The Hall–Kier alpha value is -1.35. The van der Waals surface area contributed by atoms with E-state index in [4.69, 9.17) is 0 Å². The molecule has 1 saturated heterocycles. The predicted octanol–water partition coefficient (Wildman–Crippen LogP) is 2.30. The summed E-state index contributed by atoms with van der Waals surface area (Å²) in [5.41, 5.74) is 1.15. The van der Waals surface area contributed by atoms with Gasteiger partial charge in [-0.1, -0.05) is 36.8 Å². The SMILES string of the molecule is CCN(Cc1ccccc1)C(=O)CNC(=NC)NCCN1CCCCC1.I. The van der Waals surface area contributed by atoms with E-state index in [2.05, 4.69) is 20.5 Å². The molecule has 1 fully saturated rings. The molecule has 2 rings (SSSR count). The van der Waals surface area contributed by atoms with Gasteiger partial charge in [0, 0.05) is 33.2 Å². The molecule has 1 amide bonds. The summed E-state index contributed by atoms with van der Waals surface area (Å²) in [6.45, 7) is 7.83. The second kappa shape index (κ2) is 13.8. The lowest BCUT2D eigenvalue weighted by Gasteiger charge is -2.26. The van der Waals surface area contributed by atoms with Crippen molar-refractivity contribution in [2.24, 2.45) is 4.99 Å². The molecule has 0 bridgehead atoms. The maximum Gasteiger partial charge on any atom is 0.242 e. The van der Waals surface area contributed by atoms with Crippen LogP contribution in [-0.4, -0.2) is 68.0 Å². The van der Waals surface area contributed by atoms with Crippen molar-refractivity contribution in [2.75, 3.05) is 46.3 Å². The number of benzene rings is 1. The number of aliphatic imine (C=N–C) groups is 1. The van der Waals surface area contributed by atoms with Crippen molar-refractivity contribution >= 4 is 35.8 Å². The number of halogens is 1. The first-order valence-electron chi connectivity index (χ1n) is 9.71. The molecule has 0 atom stereocenters. The number of carbonyl (C=O) groups is 1. The Morgan fingerprint density at radius 1 is 1.15 bits per heavy atom.